The Morgan fingerprint density at radius 3 is 2.56 bits per heavy atom. The molecule has 0 aliphatic heterocycles. The van der Waals surface area contributed by atoms with Gasteiger partial charge in [0.2, 0.25) is 5.91 Å². The molecule has 92 valence electrons. The first-order valence-electron chi connectivity index (χ1n) is 6.30. The molecule has 1 aliphatic carbocycles. The summed E-state index contributed by atoms with van der Waals surface area (Å²) in [6.45, 7) is 13.3. The van der Waals surface area contributed by atoms with Crippen LogP contribution >= 0.6 is 0 Å². The second-order valence-corrected chi connectivity index (χ2v) is 5.86. The molecule has 0 radical (unpaired) electrons. The third-order valence-electron chi connectivity index (χ3n) is 3.71. The van der Waals surface area contributed by atoms with E-state index in [1.165, 1.54) is 6.42 Å². The van der Waals surface area contributed by atoms with Crippen molar-refractivity contribution in [3.8, 4) is 0 Å². The van der Waals surface area contributed by atoms with Crippen LogP contribution in [0.15, 0.2) is 12.2 Å². The van der Waals surface area contributed by atoms with Crippen molar-refractivity contribution in [1.82, 2.24) is 5.32 Å². The van der Waals surface area contributed by atoms with Crippen LogP contribution in [0.5, 0.6) is 0 Å². The van der Waals surface area contributed by atoms with E-state index in [0.29, 0.717) is 11.3 Å². The molecular formula is C14H25NO. The molecule has 0 aromatic carbocycles. The summed E-state index contributed by atoms with van der Waals surface area (Å²) in [6.07, 6.45) is 3.28. The van der Waals surface area contributed by atoms with E-state index in [4.69, 9.17) is 0 Å². The van der Waals surface area contributed by atoms with Crippen LogP contribution in [0.1, 0.15) is 47.0 Å². The molecule has 0 bridgehead atoms. The molecule has 1 amide bonds. The second kappa shape index (κ2) is 5.03. The van der Waals surface area contributed by atoms with Crippen LogP contribution in [0.25, 0.3) is 0 Å². The van der Waals surface area contributed by atoms with Gasteiger partial charge in [-0.2, -0.15) is 0 Å². The number of allylic oxidation sites excluding steroid dienone is 1. The van der Waals surface area contributed by atoms with Gasteiger partial charge in [-0.1, -0.05) is 26.0 Å². The molecule has 0 saturated heterocycles. The fourth-order valence-electron chi connectivity index (χ4n) is 2.76. The molecule has 1 N–H and O–H groups in total. The highest BCUT2D eigenvalue weighted by Gasteiger charge is 2.38. The molecule has 0 heterocycles. The first-order valence-corrected chi connectivity index (χ1v) is 6.30. The summed E-state index contributed by atoms with van der Waals surface area (Å²) in [5, 5.41) is 2.96. The number of amides is 1. The van der Waals surface area contributed by atoms with Gasteiger partial charge in [0.1, 0.15) is 0 Å². The molecule has 2 atom stereocenters. The third-order valence-corrected chi connectivity index (χ3v) is 3.71. The van der Waals surface area contributed by atoms with E-state index in [-0.39, 0.29) is 11.8 Å². The highest BCUT2D eigenvalue weighted by atomic mass is 16.1. The molecule has 0 aromatic heterocycles. The Bertz CT molecular complexity index is 280. The average Bonchev–Trinajstić information content (AvgIpc) is 2.16. The number of carbonyl (C=O) groups excluding carboxylic acids is 1. The highest BCUT2D eigenvalue weighted by Crippen LogP contribution is 2.44. The zero-order valence-electron chi connectivity index (χ0n) is 11.1. The van der Waals surface area contributed by atoms with Crippen molar-refractivity contribution in [2.24, 2.45) is 17.3 Å². The lowest BCUT2D eigenvalue weighted by molar-refractivity contribution is -0.128. The lowest BCUT2D eigenvalue weighted by Gasteiger charge is -2.40. The third kappa shape index (κ3) is 3.10. The Balaban J connectivity index is 2.79. The van der Waals surface area contributed by atoms with Crippen LogP contribution < -0.4 is 5.32 Å². The second-order valence-electron chi connectivity index (χ2n) is 5.86. The van der Waals surface area contributed by atoms with E-state index in [9.17, 15) is 4.79 Å². The Morgan fingerprint density at radius 2 is 2.06 bits per heavy atom. The molecule has 2 heteroatoms. The summed E-state index contributed by atoms with van der Waals surface area (Å²) in [6, 6.07) is 0. The average molecular weight is 223 g/mol. The number of nitrogens with one attached hydrogen (secondary N) is 1. The molecule has 0 aromatic rings. The van der Waals surface area contributed by atoms with Crippen molar-refractivity contribution in [3.63, 3.8) is 0 Å². The van der Waals surface area contributed by atoms with Crippen molar-refractivity contribution >= 4 is 5.91 Å². The molecule has 1 saturated carbocycles. The van der Waals surface area contributed by atoms with Crippen LogP contribution in [-0.2, 0) is 4.79 Å². The minimum atomic E-state index is 0.126. The summed E-state index contributed by atoms with van der Waals surface area (Å²) < 4.78 is 0. The van der Waals surface area contributed by atoms with E-state index in [2.05, 4.69) is 32.7 Å². The molecule has 2 unspecified atom stereocenters. The van der Waals surface area contributed by atoms with Crippen LogP contribution in [0.4, 0.5) is 0 Å². The van der Waals surface area contributed by atoms with E-state index < -0.39 is 0 Å². The van der Waals surface area contributed by atoms with Gasteiger partial charge in [0.05, 0.1) is 0 Å². The molecule has 2 nitrogen and oxygen atoms in total. The van der Waals surface area contributed by atoms with Gasteiger partial charge in [0.15, 0.2) is 0 Å². The summed E-state index contributed by atoms with van der Waals surface area (Å²) in [5.74, 6) is 0.712. The zero-order valence-corrected chi connectivity index (χ0v) is 11.1. The predicted octanol–water partition coefficient (Wildman–Crippen LogP) is 3.14. The minimum Gasteiger partial charge on any atom is -0.356 e. The van der Waals surface area contributed by atoms with Crippen LogP contribution in [-0.4, -0.2) is 12.5 Å². The van der Waals surface area contributed by atoms with E-state index >= 15 is 0 Å². The van der Waals surface area contributed by atoms with Crippen molar-refractivity contribution in [1.29, 1.82) is 0 Å². The fourth-order valence-corrected chi connectivity index (χ4v) is 2.76. The number of hydrogen-bond acceptors (Lipinski definition) is 1. The van der Waals surface area contributed by atoms with E-state index in [0.717, 1.165) is 25.0 Å². The van der Waals surface area contributed by atoms with Gasteiger partial charge >= 0.3 is 0 Å². The summed E-state index contributed by atoms with van der Waals surface area (Å²) >= 11 is 0. The lowest BCUT2D eigenvalue weighted by atomic mass is 9.65. The highest BCUT2D eigenvalue weighted by molar-refractivity contribution is 5.79. The summed E-state index contributed by atoms with van der Waals surface area (Å²) in [5.41, 5.74) is 1.45. The largest absolute Gasteiger partial charge is 0.356 e. The van der Waals surface area contributed by atoms with Gasteiger partial charge < -0.3 is 5.32 Å². The SMILES string of the molecule is C=C(C)C1CCC(C)(C)CC1C(=O)NCC. The maximum Gasteiger partial charge on any atom is 0.223 e. The maximum atomic E-state index is 12.0. The molecule has 1 fully saturated rings. The molecular weight excluding hydrogens is 198 g/mol. The monoisotopic (exact) mass is 223 g/mol. The van der Waals surface area contributed by atoms with Gasteiger partial charge in [-0.05, 0) is 44.4 Å². The lowest BCUT2D eigenvalue weighted by Crippen LogP contribution is -2.41. The topological polar surface area (TPSA) is 29.1 Å². The van der Waals surface area contributed by atoms with Gasteiger partial charge in [0.25, 0.3) is 0 Å². The van der Waals surface area contributed by atoms with Crippen LogP contribution in [0.2, 0.25) is 0 Å². The number of carbonyl (C=O) groups is 1. The smallest absolute Gasteiger partial charge is 0.223 e. The molecule has 16 heavy (non-hydrogen) atoms. The van der Waals surface area contributed by atoms with Crippen molar-refractivity contribution < 1.29 is 4.79 Å². The van der Waals surface area contributed by atoms with E-state index in [1.807, 2.05) is 6.92 Å². The summed E-state index contributed by atoms with van der Waals surface area (Å²) in [7, 11) is 0. The number of rotatable bonds is 3. The van der Waals surface area contributed by atoms with E-state index in [1.54, 1.807) is 0 Å². The van der Waals surface area contributed by atoms with Gasteiger partial charge in [-0.25, -0.2) is 0 Å². The van der Waals surface area contributed by atoms with Gasteiger partial charge in [-0.15, -0.1) is 0 Å². The molecule has 1 rings (SSSR count). The zero-order chi connectivity index (χ0) is 12.3. The first-order chi connectivity index (χ1) is 7.37. The Labute approximate surface area is 99.5 Å². The van der Waals surface area contributed by atoms with Gasteiger partial charge in [0, 0.05) is 12.5 Å². The van der Waals surface area contributed by atoms with Crippen molar-refractivity contribution in [3.05, 3.63) is 12.2 Å². The summed E-state index contributed by atoms with van der Waals surface area (Å²) in [4.78, 5) is 12.0. The fraction of sp³-hybridized carbons (Fsp3) is 0.786. The van der Waals surface area contributed by atoms with Gasteiger partial charge in [-0.3, -0.25) is 4.79 Å². The number of hydrogen-bond donors (Lipinski definition) is 1. The molecule has 0 spiro atoms. The minimum absolute atomic E-state index is 0.126. The van der Waals surface area contributed by atoms with Crippen molar-refractivity contribution in [2.75, 3.05) is 6.54 Å². The normalized spacial score (nSPS) is 28.5. The Morgan fingerprint density at radius 1 is 1.44 bits per heavy atom. The quantitative estimate of drug-likeness (QED) is 0.732. The Hall–Kier alpha value is -0.790. The first kappa shape index (κ1) is 13.3. The predicted molar refractivity (Wildman–Crippen MR) is 68.1 cm³/mol. The molecule has 1 aliphatic rings. The maximum absolute atomic E-state index is 12.0. The Kier molecular flexibility index (Phi) is 4.17. The van der Waals surface area contributed by atoms with Crippen LogP contribution in [0, 0.1) is 17.3 Å². The van der Waals surface area contributed by atoms with Crippen molar-refractivity contribution in [2.45, 2.75) is 47.0 Å². The van der Waals surface area contributed by atoms with Crippen LogP contribution in [0.3, 0.4) is 0 Å². The standard InChI is InChI=1S/C14H25NO/c1-6-15-13(16)12-9-14(4,5)8-7-11(12)10(2)3/h11-12H,2,6-9H2,1,3-5H3,(H,15,16).